The standard InChI is InChI=1S/C10H10BNO2.C2H6/c1-7-5-6-12-10-8(7)3-2-4-9(10)11(13)14;1-2/h2-6,13-14H,1H3;1-2H3. The third kappa shape index (κ3) is 2.40. The van der Waals surface area contributed by atoms with Crippen LogP contribution >= 0.6 is 0 Å². The number of rotatable bonds is 1. The molecule has 2 N–H and O–H groups in total. The highest BCUT2D eigenvalue weighted by molar-refractivity contribution is 6.61. The van der Waals surface area contributed by atoms with E-state index in [9.17, 15) is 0 Å². The number of aryl methyl sites for hydroxylation is 1. The first kappa shape index (κ1) is 12.7. The van der Waals surface area contributed by atoms with Gasteiger partial charge in [-0.1, -0.05) is 32.0 Å². The summed E-state index contributed by atoms with van der Waals surface area (Å²) < 4.78 is 0. The first-order valence-electron chi connectivity index (χ1n) is 5.40. The summed E-state index contributed by atoms with van der Waals surface area (Å²) in [4.78, 5) is 4.14. The van der Waals surface area contributed by atoms with E-state index in [0.717, 1.165) is 10.9 Å². The second-order valence-corrected chi connectivity index (χ2v) is 3.24. The van der Waals surface area contributed by atoms with Gasteiger partial charge in [0.15, 0.2) is 0 Å². The molecule has 0 fully saturated rings. The smallest absolute Gasteiger partial charge is 0.423 e. The molecule has 2 aromatic rings. The highest BCUT2D eigenvalue weighted by Crippen LogP contribution is 2.13. The van der Waals surface area contributed by atoms with Crippen LogP contribution in [-0.2, 0) is 0 Å². The predicted octanol–water partition coefficient (Wildman–Crippen LogP) is 1.25. The van der Waals surface area contributed by atoms with Gasteiger partial charge in [0.1, 0.15) is 0 Å². The van der Waals surface area contributed by atoms with Crippen LogP contribution in [-0.4, -0.2) is 22.2 Å². The van der Waals surface area contributed by atoms with Crippen molar-refractivity contribution < 1.29 is 10.0 Å². The molecule has 0 radical (unpaired) electrons. The SMILES string of the molecule is CC.Cc1ccnc2c(B(O)O)cccc12. The van der Waals surface area contributed by atoms with Crippen LogP contribution in [0.5, 0.6) is 0 Å². The lowest BCUT2D eigenvalue weighted by atomic mass is 9.78. The predicted molar refractivity (Wildman–Crippen MR) is 67.7 cm³/mol. The second-order valence-electron chi connectivity index (χ2n) is 3.24. The Bertz CT molecular complexity index is 472. The monoisotopic (exact) mass is 217 g/mol. The van der Waals surface area contributed by atoms with Crippen molar-refractivity contribution in [3.63, 3.8) is 0 Å². The highest BCUT2D eigenvalue weighted by Gasteiger charge is 2.15. The summed E-state index contributed by atoms with van der Waals surface area (Å²) in [5.41, 5.74) is 2.19. The molecule has 4 heteroatoms. The zero-order valence-corrected chi connectivity index (χ0v) is 9.81. The topological polar surface area (TPSA) is 53.4 Å². The molecule has 0 aliphatic heterocycles. The van der Waals surface area contributed by atoms with Crippen molar-refractivity contribution in [1.82, 2.24) is 4.98 Å². The van der Waals surface area contributed by atoms with Gasteiger partial charge in [0.2, 0.25) is 0 Å². The number of fused-ring (bicyclic) bond motifs is 1. The van der Waals surface area contributed by atoms with E-state index < -0.39 is 7.12 Å². The van der Waals surface area contributed by atoms with E-state index >= 15 is 0 Å². The van der Waals surface area contributed by atoms with Gasteiger partial charge in [-0.25, -0.2) is 0 Å². The Morgan fingerprint density at radius 1 is 1.12 bits per heavy atom. The van der Waals surface area contributed by atoms with E-state index in [0.29, 0.717) is 11.0 Å². The lowest BCUT2D eigenvalue weighted by molar-refractivity contribution is 0.426. The number of hydrogen-bond acceptors (Lipinski definition) is 3. The normalized spacial score (nSPS) is 9.56. The zero-order valence-electron chi connectivity index (χ0n) is 9.81. The first-order valence-corrected chi connectivity index (χ1v) is 5.40. The number of benzene rings is 1. The summed E-state index contributed by atoms with van der Waals surface area (Å²) in [5.74, 6) is 0. The van der Waals surface area contributed by atoms with Gasteiger partial charge in [0.05, 0.1) is 5.52 Å². The molecule has 16 heavy (non-hydrogen) atoms. The van der Waals surface area contributed by atoms with Gasteiger partial charge in [-0.2, -0.15) is 0 Å². The van der Waals surface area contributed by atoms with E-state index in [1.54, 1.807) is 18.3 Å². The van der Waals surface area contributed by atoms with Crippen molar-refractivity contribution in [2.45, 2.75) is 20.8 Å². The van der Waals surface area contributed by atoms with Gasteiger partial charge in [-0.15, -0.1) is 0 Å². The third-order valence-corrected chi connectivity index (χ3v) is 2.30. The fourth-order valence-electron chi connectivity index (χ4n) is 1.55. The quantitative estimate of drug-likeness (QED) is 0.706. The van der Waals surface area contributed by atoms with Gasteiger partial charge in [-0.05, 0) is 18.6 Å². The van der Waals surface area contributed by atoms with Crippen molar-refractivity contribution in [2.75, 3.05) is 0 Å². The van der Waals surface area contributed by atoms with Crippen molar-refractivity contribution in [1.29, 1.82) is 0 Å². The maximum Gasteiger partial charge on any atom is 0.490 e. The van der Waals surface area contributed by atoms with E-state index in [1.807, 2.05) is 32.9 Å². The lowest BCUT2D eigenvalue weighted by Gasteiger charge is -2.05. The summed E-state index contributed by atoms with van der Waals surface area (Å²) >= 11 is 0. The molecule has 0 saturated heterocycles. The molecule has 0 bridgehead atoms. The van der Waals surface area contributed by atoms with E-state index in [-0.39, 0.29) is 0 Å². The van der Waals surface area contributed by atoms with E-state index in [4.69, 9.17) is 10.0 Å². The summed E-state index contributed by atoms with van der Waals surface area (Å²) in [6.07, 6.45) is 1.67. The third-order valence-electron chi connectivity index (χ3n) is 2.30. The molecule has 3 nitrogen and oxygen atoms in total. The van der Waals surface area contributed by atoms with Crippen LogP contribution in [0.25, 0.3) is 10.9 Å². The fraction of sp³-hybridized carbons (Fsp3) is 0.250. The Balaban J connectivity index is 0.000000606. The Morgan fingerprint density at radius 3 is 2.44 bits per heavy atom. The van der Waals surface area contributed by atoms with Gasteiger partial charge in [0.25, 0.3) is 0 Å². The molecule has 84 valence electrons. The molecule has 0 atom stereocenters. The lowest BCUT2D eigenvalue weighted by Crippen LogP contribution is -2.30. The molecule has 0 unspecified atom stereocenters. The van der Waals surface area contributed by atoms with Crippen molar-refractivity contribution >= 4 is 23.5 Å². The minimum absolute atomic E-state index is 0.450. The molecule has 1 aromatic carbocycles. The van der Waals surface area contributed by atoms with E-state index in [2.05, 4.69) is 4.98 Å². The van der Waals surface area contributed by atoms with Crippen LogP contribution in [0.1, 0.15) is 19.4 Å². The minimum Gasteiger partial charge on any atom is -0.423 e. The summed E-state index contributed by atoms with van der Waals surface area (Å²) in [6.45, 7) is 5.97. The molecular weight excluding hydrogens is 201 g/mol. The van der Waals surface area contributed by atoms with Gasteiger partial charge in [-0.3, -0.25) is 4.98 Å². The number of hydrogen-bond donors (Lipinski definition) is 2. The average Bonchev–Trinajstić information content (AvgIpc) is 2.31. The summed E-state index contributed by atoms with van der Waals surface area (Å²) in [5, 5.41) is 19.2. The number of para-hydroxylation sites is 1. The molecule has 0 spiro atoms. The number of nitrogens with zero attached hydrogens (tertiary/aromatic N) is 1. The molecule has 1 aromatic heterocycles. The van der Waals surface area contributed by atoms with Crippen LogP contribution in [0.2, 0.25) is 0 Å². The van der Waals surface area contributed by atoms with Crippen LogP contribution in [0.4, 0.5) is 0 Å². The molecule has 0 saturated carbocycles. The number of aromatic nitrogens is 1. The molecule has 2 rings (SSSR count). The summed E-state index contributed by atoms with van der Waals surface area (Å²) in [6, 6.07) is 7.28. The van der Waals surface area contributed by atoms with Crippen LogP contribution < -0.4 is 5.46 Å². The Kier molecular flexibility index (Phi) is 4.46. The molecule has 0 aliphatic rings. The van der Waals surface area contributed by atoms with Crippen molar-refractivity contribution in [3.8, 4) is 0 Å². The maximum absolute atomic E-state index is 9.13. The van der Waals surface area contributed by atoms with Crippen LogP contribution in [0.15, 0.2) is 30.5 Å². The van der Waals surface area contributed by atoms with Gasteiger partial charge in [0, 0.05) is 17.0 Å². The second kappa shape index (κ2) is 5.63. The Labute approximate surface area is 95.9 Å². The maximum atomic E-state index is 9.13. The van der Waals surface area contributed by atoms with Gasteiger partial charge < -0.3 is 10.0 Å². The summed E-state index contributed by atoms with van der Waals surface area (Å²) in [7, 11) is -1.46. The Hall–Kier alpha value is -1.39. The minimum atomic E-state index is -1.46. The Morgan fingerprint density at radius 2 is 1.81 bits per heavy atom. The molecule has 0 amide bonds. The van der Waals surface area contributed by atoms with Gasteiger partial charge >= 0.3 is 7.12 Å². The van der Waals surface area contributed by atoms with Crippen LogP contribution in [0.3, 0.4) is 0 Å². The zero-order chi connectivity index (χ0) is 12.1. The largest absolute Gasteiger partial charge is 0.490 e. The molecule has 0 aliphatic carbocycles. The molecule has 1 heterocycles. The van der Waals surface area contributed by atoms with Crippen LogP contribution in [0, 0.1) is 6.92 Å². The average molecular weight is 217 g/mol. The first-order chi connectivity index (χ1) is 7.70. The molecular formula is C12H16BNO2. The number of pyridine rings is 1. The van der Waals surface area contributed by atoms with Crippen molar-refractivity contribution in [3.05, 3.63) is 36.0 Å². The highest BCUT2D eigenvalue weighted by atomic mass is 16.4. The fourth-order valence-corrected chi connectivity index (χ4v) is 1.55. The van der Waals surface area contributed by atoms with Crippen molar-refractivity contribution in [2.24, 2.45) is 0 Å². The van der Waals surface area contributed by atoms with E-state index in [1.165, 1.54) is 0 Å².